The minimum Gasteiger partial charge on any atom is -0.311 e. The number of H-pyrrole nitrogens is 1. The average Bonchev–Trinajstić information content (AvgIpc) is 2.99. The van der Waals surface area contributed by atoms with E-state index in [0.717, 1.165) is 0 Å². The molecule has 0 saturated heterocycles. The average molecular weight is 313 g/mol. The maximum absolute atomic E-state index is 14.0. The van der Waals surface area contributed by atoms with Crippen molar-refractivity contribution in [2.75, 3.05) is 0 Å². The van der Waals surface area contributed by atoms with Crippen LogP contribution in [-0.2, 0) is 0 Å². The van der Waals surface area contributed by atoms with Gasteiger partial charge in [0.1, 0.15) is 17.3 Å². The van der Waals surface area contributed by atoms with E-state index in [1.807, 2.05) is 6.92 Å². The van der Waals surface area contributed by atoms with Crippen LogP contribution in [0, 0.1) is 12.7 Å². The van der Waals surface area contributed by atoms with Crippen LogP contribution in [0.5, 0.6) is 0 Å². The lowest BCUT2D eigenvalue weighted by Gasteiger charge is -2.15. The Kier molecular flexibility index (Phi) is 4.01. The van der Waals surface area contributed by atoms with E-state index in [1.165, 1.54) is 12.1 Å². The summed E-state index contributed by atoms with van der Waals surface area (Å²) >= 11 is 0. The SMILES string of the molecule is CCC(c1ccccc1F)n1cc(-c2cc(=O)[nH]c(C)n2)nn1. The summed E-state index contributed by atoms with van der Waals surface area (Å²) in [6.07, 6.45) is 2.34. The number of rotatable bonds is 4. The van der Waals surface area contributed by atoms with Gasteiger partial charge in [0.2, 0.25) is 0 Å². The van der Waals surface area contributed by atoms with Crippen LogP contribution in [0.15, 0.2) is 41.3 Å². The Bertz CT molecular complexity index is 886. The fraction of sp³-hybridized carbons (Fsp3) is 0.250. The second-order valence-corrected chi connectivity index (χ2v) is 5.25. The molecule has 0 spiro atoms. The number of hydrogen-bond donors (Lipinski definition) is 1. The first-order valence-electron chi connectivity index (χ1n) is 7.33. The lowest BCUT2D eigenvalue weighted by atomic mass is 10.0. The summed E-state index contributed by atoms with van der Waals surface area (Å²) in [5, 5.41) is 8.16. The number of hydrogen-bond acceptors (Lipinski definition) is 4. The number of nitrogens with one attached hydrogen (secondary N) is 1. The third-order valence-electron chi connectivity index (χ3n) is 3.60. The van der Waals surface area contributed by atoms with Gasteiger partial charge >= 0.3 is 0 Å². The predicted molar refractivity (Wildman–Crippen MR) is 83.4 cm³/mol. The fourth-order valence-electron chi connectivity index (χ4n) is 2.55. The lowest BCUT2D eigenvalue weighted by molar-refractivity contribution is 0.468. The second-order valence-electron chi connectivity index (χ2n) is 5.25. The number of nitrogens with zero attached hydrogens (tertiary/aromatic N) is 4. The van der Waals surface area contributed by atoms with E-state index in [4.69, 9.17) is 0 Å². The second kappa shape index (κ2) is 6.12. The highest BCUT2D eigenvalue weighted by atomic mass is 19.1. The van der Waals surface area contributed by atoms with E-state index in [1.54, 1.807) is 36.0 Å². The summed E-state index contributed by atoms with van der Waals surface area (Å²) in [5.41, 5.74) is 1.24. The van der Waals surface area contributed by atoms with Gasteiger partial charge < -0.3 is 4.98 Å². The van der Waals surface area contributed by atoms with Crippen LogP contribution in [0.2, 0.25) is 0 Å². The molecular weight excluding hydrogens is 297 g/mol. The monoisotopic (exact) mass is 313 g/mol. The molecule has 6 nitrogen and oxygen atoms in total. The van der Waals surface area contributed by atoms with Gasteiger partial charge in [0.25, 0.3) is 5.56 Å². The molecule has 0 aliphatic rings. The molecule has 1 aromatic carbocycles. The summed E-state index contributed by atoms with van der Waals surface area (Å²) in [6, 6.07) is 7.71. The molecule has 0 fully saturated rings. The van der Waals surface area contributed by atoms with Crippen LogP contribution in [0.25, 0.3) is 11.4 Å². The molecule has 23 heavy (non-hydrogen) atoms. The summed E-state index contributed by atoms with van der Waals surface area (Å²) in [4.78, 5) is 18.4. The Morgan fingerprint density at radius 2 is 2.09 bits per heavy atom. The Hall–Kier alpha value is -2.83. The molecule has 0 saturated carbocycles. The maximum atomic E-state index is 14.0. The fourth-order valence-corrected chi connectivity index (χ4v) is 2.55. The molecule has 1 unspecified atom stereocenters. The van der Waals surface area contributed by atoms with Gasteiger partial charge in [-0.05, 0) is 19.4 Å². The van der Waals surface area contributed by atoms with E-state index in [0.29, 0.717) is 29.2 Å². The minimum atomic E-state index is -0.276. The van der Waals surface area contributed by atoms with Gasteiger partial charge in [-0.1, -0.05) is 30.3 Å². The van der Waals surface area contributed by atoms with E-state index in [-0.39, 0.29) is 17.4 Å². The van der Waals surface area contributed by atoms with Crippen molar-refractivity contribution in [1.82, 2.24) is 25.0 Å². The summed E-state index contributed by atoms with van der Waals surface area (Å²) in [6.45, 7) is 3.65. The van der Waals surface area contributed by atoms with Crippen molar-refractivity contribution in [3.63, 3.8) is 0 Å². The molecule has 1 atom stereocenters. The number of halogens is 1. The van der Waals surface area contributed by atoms with E-state index >= 15 is 0 Å². The molecule has 7 heteroatoms. The normalized spacial score (nSPS) is 12.3. The van der Waals surface area contributed by atoms with Crippen LogP contribution < -0.4 is 5.56 Å². The van der Waals surface area contributed by atoms with Gasteiger partial charge in [-0.25, -0.2) is 14.1 Å². The molecule has 0 radical (unpaired) electrons. The predicted octanol–water partition coefficient (Wildman–Crippen LogP) is 2.48. The Morgan fingerprint density at radius 3 is 2.78 bits per heavy atom. The highest BCUT2D eigenvalue weighted by Gasteiger charge is 2.18. The maximum Gasteiger partial charge on any atom is 0.251 e. The molecule has 3 rings (SSSR count). The number of benzene rings is 1. The lowest BCUT2D eigenvalue weighted by Crippen LogP contribution is -2.12. The molecule has 0 bridgehead atoms. The van der Waals surface area contributed by atoms with Crippen molar-refractivity contribution >= 4 is 0 Å². The van der Waals surface area contributed by atoms with Crippen LogP contribution in [-0.4, -0.2) is 25.0 Å². The molecule has 3 aromatic rings. The highest BCUT2D eigenvalue weighted by molar-refractivity contribution is 5.51. The number of aryl methyl sites for hydroxylation is 1. The third-order valence-corrected chi connectivity index (χ3v) is 3.60. The third kappa shape index (κ3) is 3.03. The van der Waals surface area contributed by atoms with Crippen LogP contribution >= 0.6 is 0 Å². The van der Waals surface area contributed by atoms with Crippen LogP contribution in [0.4, 0.5) is 4.39 Å². The van der Waals surface area contributed by atoms with Crippen molar-refractivity contribution < 1.29 is 4.39 Å². The van der Waals surface area contributed by atoms with Gasteiger partial charge in [-0.3, -0.25) is 4.79 Å². The smallest absolute Gasteiger partial charge is 0.251 e. The summed E-state index contributed by atoms with van der Waals surface area (Å²) in [5.74, 6) is 0.227. The van der Waals surface area contributed by atoms with Gasteiger partial charge in [0, 0.05) is 11.6 Å². The van der Waals surface area contributed by atoms with E-state index in [2.05, 4.69) is 20.3 Å². The molecular formula is C16H16FN5O. The highest BCUT2D eigenvalue weighted by Crippen LogP contribution is 2.24. The number of aromatic nitrogens is 5. The van der Waals surface area contributed by atoms with Crippen molar-refractivity contribution in [1.29, 1.82) is 0 Å². The molecule has 118 valence electrons. The van der Waals surface area contributed by atoms with E-state index < -0.39 is 0 Å². The first-order chi connectivity index (χ1) is 11.1. The molecule has 0 aliphatic carbocycles. The molecule has 2 heterocycles. The van der Waals surface area contributed by atoms with E-state index in [9.17, 15) is 9.18 Å². The standard InChI is InChI=1S/C16H16FN5O/c1-3-15(11-6-4-5-7-12(11)17)22-9-14(20-21-22)13-8-16(23)19-10(2)18-13/h4-9,15H,3H2,1-2H3,(H,18,19,23). The Morgan fingerprint density at radius 1 is 1.30 bits per heavy atom. The van der Waals surface area contributed by atoms with Crippen molar-refractivity contribution in [3.8, 4) is 11.4 Å². The van der Waals surface area contributed by atoms with Crippen LogP contribution in [0.1, 0.15) is 30.8 Å². The van der Waals surface area contributed by atoms with Crippen LogP contribution in [0.3, 0.4) is 0 Å². The number of aromatic amines is 1. The van der Waals surface area contributed by atoms with Gasteiger partial charge in [0.15, 0.2) is 0 Å². The molecule has 0 amide bonds. The zero-order valence-corrected chi connectivity index (χ0v) is 12.8. The first-order valence-corrected chi connectivity index (χ1v) is 7.33. The Labute approximate surface area is 132 Å². The molecule has 2 aromatic heterocycles. The quantitative estimate of drug-likeness (QED) is 0.803. The topological polar surface area (TPSA) is 76.5 Å². The van der Waals surface area contributed by atoms with Crippen molar-refractivity contribution in [2.45, 2.75) is 26.3 Å². The molecule has 0 aliphatic heterocycles. The van der Waals surface area contributed by atoms with Gasteiger partial charge in [-0.15, -0.1) is 5.10 Å². The van der Waals surface area contributed by atoms with Crippen molar-refractivity contribution in [3.05, 3.63) is 64.1 Å². The summed E-state index contributed by atoms with van der Waals surface area (Å²) in [7, 11) is 0. The van der Waals surface area contributed by atoms with Gasteiger partial charge in [-0.2, -0.15) is 0 Å². The summed E-state index contributed by atoms with van der Waals surface area (Å²) < 4.78 is 15.6. The van der Waals surface area contributed by atoms with Crippen molar-refractivity contribution in [2.24, 2.45) is 0 Å². The zero-order valence-electron chi connectivity index (χ0n) is 12.8. The zero-order chi connectivity index (χ0) is 16.4. The van der Waals surface area contributed by atoms with Gasteiger partial charge in [0.05, 0.1) is 17.9 Å². The minimum absolute atomic E-state index is 0.247. The first kappa shape index (κ1) is 15.1. The Balaban J connectivity index is 2.00. The largest absolute Gasteiger partial charge is 0.311 e. The molecule has 1 N–H and O–H groups in total.